The second-order valence-corrected chi connectivity index (χ2v) is 14.9. The molecule has 0 bridgehead atoms. The Bertz CT molecular complexity index is 563. The minimum atomic E-state index is -0.0414. The highest BCUT2D eigenvalue weighted by Crippen LogP contribution is 2.24. The van der Waals surface area contributed by atoms with Crippen LogP contribution in [0.3, 0.4) is 0 Å². The van der Waals surface area contributed by atoms with E-state index in [9.17, 15) is 4.79 Å². The summed E-state index contributed by atoms with van der Waals surface area (Å²) in [6.45, 7) is 5.06. The van der Waals surface area contributed by atoms with E-state index in [1.807, 2.05) is 0 Å². The molecule has 6 heteroatoms. The van der Waals surface area contributed by atoms with Gasteiger partial charge in [0.15, 0.2) is 0 Å². The summed E-state index contributed by atoms with van der Waals surface area (Å²) >= 11 is 26.1. The first kappa shape index (κ1) is 42.6. The van der Waals surface area contributed by atoms with E-state index < -0.39 is 0 Å². The smallest absolute Gasteiger partial charge is 0.305 e. The third-order valence-electron chi connectivity index (χ3n) is 8.45. The minimum absolute atomic E-state index is 0.0414. The number of unbranched alkanes of at least 4 members (excludes halogenated alkanes) is 19. The molecule has 252 valence electrons. The van der Waals surface area contributed by atoms with Crippen LogP contribution in [0.5, 0.6) is 0 Å². The van der Waals surface area contributed by atoms with Gasteiger partial charge in [-0.3, -0.25) is 4.79 Å². The maximum Gasteiger partial charge on any atom is 0.305 e. The molecule has 0 N–H and O–H groups in total. The van der Waals surface area contributed by atoms with Crippen LogP contribution in [0.1, 0.15) is 194 Å². The van der Waals surface area contributed by atoms with E-state index >= 15 is 0 Å². The average molecular weight is 675 g/mol. The summed E-state index contributed by atoms with van der Waals surface area (Å²) in [5.41, 5.74) is 0. The first-order chi connectivity index (χ1) is 20.4. The quantitative estimate of drug-likeness (QED) is 0.0393. The molecule has 0 aliphatic heterocycles. The van der Waals surface area contributed by atoms with Crippen LogP contribution in [0, 0.1) is 0 Å². The van der Waals surface area contributed by atoms with Crippen LogP contribution >= 0.6 is 46.4 Å². The number of alkyl halides is 4. The molecule has 0 aliphatic rings. The minimum Gasteiger partial charge on any atom is -0.466 e. The number of ether oxygens (including phenoxy) is 1. The van der Waals surface area contributed by atoms with Gasteiger partial charge in [0.1, 0.15) is 0 Å². The molecule has 42 heavy (non-hydrogen) atoms. The SMILES string of the molecule is CCCCCCCCC(Cl)C(Cl)CCCCCCCCOC(=O)CCCCCCCC(Cl)C(Cl)CCCCCCCC. The van der Waals surface area contributed by atoms with Crippen LogP contribution in [0.2, 0.25) is 0 Å². The van der Waals surface area contributed by atoms with Crippen LogP contribution in [0.15, 0.2) is 0 Å². The third kappa shape index (κ3) is 29.3. The molecule has 0 aliphatic carbocycles. The highest BCUT2D eigenvalue weighted by atomic mass is 35.5. The largest absolute Gasteiger partial charge is 0.466 e. The molecule has 0 fully saturated rings. The van der Waals surface area contributed by atoms with Gasteiger partial charge in [-0.2, -0.15) is 0 Å². The van der Waals surface area contributed by atoms with Crippen LogP contribution in [0.25, 0.3) is 0 Å². The fourth-order valence-corrected chi connectivity index (χ4v) is 6.63. The van der Waals surface area contributed by atoms with Gasteiger partial charge in [0.05, 0.1) is 6.61 Å². The van der Waals surface area contributed by atoms with Crippen molar-refractivity contribution in [2.45, 2.75) is 215 Å². The molecule has 0 aromatic carbocycles. The van der Waals surface area contributed by atoms with Crippen LogP contribution < -0.4 is 0 Å². The number of hydrogen-bond donors (Lipinski definition) is 0. The fourth-order valence-electron chi connectivity index (χ4n) is 5.51. The summed E-state index contributed by atoms with van der Waals surface area (Å²) in [5.74, 6) is -0.0414. The molecule has 4 unspecified atom stereocenters. The Morgan fingerprint density at radius 2 is 0.714 bits per heavy atom. The van der Waals surface area contributed by atoms with Gasteiger partial charge in [0, 0.05) is 27.9 Å². The Kier molecular flexibility index (Phi) is 33.5. The maximum absolute atomic E-state index is 12.0. The molecule has 4 atom stereocenters. The summed E-state index contributed by atoms with van der Waals surface area (Å²) in [6, 6.07) is 0. The number of hydrogen-bond acceptors (Lipinski definition) is 2. The molecule has 0 heterocycles. The van der Waals surface area contributed by atoms with Gasteiger partial charge in [-0.25, -0.2) is 0 Å². The van der Waals surface area contributed by atoms with Gasteiger partial charge in [0.25, 0.3) is 0 Å². The zero-order chi connectivity index (χ0) is 31.1. The first-order valence-electron chi connectivity index (χ1n) is 18.1. The summed E-state index contributed by atoms with van der Waals surface area (Å²) in [7, 11) is 0. The lowest BCUT2D eigenvalue weighted by Gasteiger charge is -2.16. The molecule has 0 spiro atoms. The van der Waals surface area contributed by atoms with E-state index in [0.29, 0.717) is 13.0 Å². The fraction of sp³-hybridized carbons (Fsp3) is 0.972. The van der Waals surface area contributed by atoms with E-state index in [0.717, 1.165) is 77.0 Å². The Balaban J connectivity index is 3.46. The van der Waals surface area contributed by atoms with E-state index in [4.69, 9.17) is 51.1 Å². The highest BCUT2D eigenvalue weighted by molar-refractivity contribution is 6.30. The van der Waals surface area contributed by atoms with Gasteiger partial charge < -0.3 is 4.74 Å². The summed E-state index contributed by atoms with van der Waals surface area (Å²) < 4.78 is 5.43. The van der Waals surface area contributed by atoms with Crippen molar-refractivity contribution >= 4 is 52.4 Å². The molecule has 0 saturated carbocycles. The maximum atomic E-state index is 12.0. The van der Waals surface area contributed by atoms with Crippen LogP contribution in [-0.4, -0.2) is 34.1 Å². The number of carbonyl (C=O) groups excluding carboxylic acids is 1. The second-order valence-electron chi connectivity index (χ2n) is 12.6. The summed E-state index contributed by atoms with van der Waals surface area (Å²) in [4.78, 5) is 12.0. The number of halogens is 4. The standard InChI is InChI=1S/C36H68Cl4O2/c1-3-5-7-9-14-20-26-32(37)34(39)28-22-16-11-12-19-25-31-42-36(41)30-24-18-13-17-23-29-35(40)33(38)27-21-15-10-8-6-4-2/h32-35H,3-31H2,1-2H3. The van der Waals surface area contributed by atoms with E-state index in [1.165, 1.54) is 96.3 Å². The lowest BCUT2D eigenvalue weighted by Crippen LogP contribution is -2.14. The average Bonchev–Trinajstić information content (AvgIpc) is 2.98. The number of carbonyl (C=O) groups is 1. The molecule has 0 radical (unpaired) electrons. The Labute approximate surface area is 282 Å². The molecular weight excluding hydrogens is 606 g/mol. The Morgan fingerprint density at radius 1 is 0.429 bits per heavy atom. The lowest BCUT2D eigenvalue weighted by atomic mass is 10.0. The third-order valence-corrected chi connectivity index (χ3v) is 10.8. The summed E-state index contributed by atoms with van der Waals surface area (Å²) in [5, 5.41) is 0.390. The van der Waals surface area contributed by atoms with Crippen LogP contribution in [-0.2, 0) is 9.53 Å². The van der Waals surface area contributed by atoms with Crippen molar-refractivity contribution in [2.75, 3.05) is 6.61 Å². The van der Waals surface area contributed by atoms with E-state index in [2.05, 4.69) is 13.8 Å². The van der Waals surface area contributed by atoms with Crippen molar-refractivity contribution in [3.05, 3.63) is 0 Å². The van der Waals surface area contributed by atoms with Gasteiger partial charge in [0.2, 0.25) is 0 Å². The second kappa shape index (κ2) is 33.0. The predicted molar refractivity (Wildman–Crippen MR) is 190 cm³/mol. The monoisotopic (exact) mass is 672 g/mol. The topological polar surface area (TPSA) is 26.3 Å². The Morgan fingerprint density at radius 3 is 1.07 bits per heavy atom. The van der Waals surface area contributed by atoms with Gasteiger partial charge >= 0.3 is 5.97 Å². The van der Waals surface area contributed by atoms with Crippen molar-refractivity contribution in [3.63, 3.8) is 0 Å². The molecule has 0 amide bonds. The molecular formula is C36H68Cl4O2. The Hall–Kier alpha value is 0.630. The predicted octanol–water partition coefficient (Wildman–Crippen LogP) is 13.9. The molecule has 2 nitrogen and oxygen atoms in total. The first-order valence-corrected chi connectivity index (χ1v) is 19.9. The normalized spacial score (nSPS) is 14.5. The van der Waals surface area contributed by atoms with Gasteiger partial charge in [-0.1, -0.05) is 149 Å². The van der Waals surface area contributed by atoms with Crippen molar-refractivity contribution in [2.24, 2.45) is 0 Å². The molecule has 0 aromatic heterocycles. The zero-order valence-electron chi connectivity index (χ0n) is 27.6. The van der Waals surface area contributed by atoms with Crippen molar-refractivity contribution < 1.29 is 9.53 Å². The highest BCUT2D eigenvalue weighted by Gasteiger charge is 2.16. The lowest BCUT2D eigenvalue weighted by molar-refractivity contribution is -0.143. The van der Waals surface area contributed by atoms with E-state index in [1.54, 1.807) is 0 Å². The van der Waals surface area contributed by atoms with Crippen molar-refractivity contribution in [1.82, 2.24) is 0 Å². The number of esters is 1. The van der Waals surface area contributed by atoms with Crippen LogP contribution in [0.4, 0.5) is 0 Å². The number of rotatable bonds is 33. The molecule has 0 saturated heterocycles. The van der Waals surface area contributed by atoms with Crippen molar-refractivity contribution in [1.29, 1.82) is 0 Å². The zero-order valence-corrected chi connectivity index (χ0v) is 30.7. The van der Waals surface area contributed by atoms with Gasteiger partial charge in [-0.05, 0) is 38.5 Å². The molecule has 0 rings (SSSR count). The molecule has 0 aromatic rings. The summed E-state index contributed by atoms with van der Waals surface area (Å²) in [6.07, 6.45) is 32.5. The van der Waals surface area contributed by atoms with Gasteiger partial charge in [-0.15, -0.1) is 46.4 Å². The van der Waals surface area contributed by atoms with Crippen molar-refractivity contribution in [3.8, 4) is 0 Å². The van der Waals surface area contributed by atoms with E-state index in [-0.39, 0.29) is 27.5 Å².